The SMILES string of the molecule is CCCN(C)Cc1ccccc1CN. The molecule has 0 atom stereocenters. The Kier molecular flexibility index (Phi) is 4.63. The molecular weight excluding hydrogens is 172 g/mol. The van der Waals surface area contributed by atoms with Crippen LogP contribution in [0.3, 0.4) is 0 Å². The van der Waals surface area contributed by atoms with Crippen LogP contribution in [0.15, 0.2) is 24.3 Å². The fourth-order valence-corrected chi connectivity index (χ4v) is 1.66. The molecule has 0 aromatic heterocycles. The van der Waals surface area contributed by atoms with Gasteiger partial charge in [0.2, 0.25) is 0 Å². The van der Waals surface area contributed by atoms with Crippen LogP contribution in [0.4, 0.5) is 0 Å². The number of benzene rings is 1. The van der Waals surface area contributed by atoms with Gasteiger partial charge in [0, 0.05) is 13.1 Å². The van der Waals surface area contributed by atoms with Gasteiger partial charge in [-0.1, -0.05) is 31.2 Å². The summed E-state index contributed by atoms with van der Waals surface area (Å²) in [7, 11) is 2.15. The van der Waals surface area contributed by atoms with Crippen LogP contribution < -0.4 is 5.73 Å². The molecule has 2 heteroatoms. The van der Waals surface area contributed by atoms with Crippen LogP contribution in [0.1, 0.15) is 24.5 Å². The summed E-state index contributed by atoms with van der Waals surface area (Å²) in [6.07, 6.45) is 1.20. The summed E-state index contributed by atoms with van der Waals surface area (Å²) < 4.78 is 0. The molecule has 0 fully saturated rings. The van der Waals surface area contributed by atoms with Crippen LogP contribution in [0.5, 0.6) is 0 Å². The zero-order valence-electron chi connectivity index (χ0n) is 9.16. The van der Waals surface area contributed by atoms with Crippen LogP contribution in [0, 0.1) is 0 Å². The molecule has 1 rings (SSSR count). The molecule has 0 aliphatic heterocycles. The van der Waals surface area contributed by atoms with Crippen molar-refractivity contribution in [3.63, 3.8) is 0 Å². The molecule has 0 spiro atoms. The van der Waals surface area contributed by atoms with Gasteiger partial charge in [-0.3, -0.25) is 0 Å². The second kappa shape index (κ2) is 5.78. The van der Waals surface area contributed by atoms with E-state index in [1.807, 2.05) is 6.07 Å². The van der Waals surface area contributed by atoms with Gasteiger partial charge in [0.1, 0.15) is 0 Å². The maximum atomic E-state index is 5.68. The number of hydrogen-bond donors (Lipinski definition) is 1. The summed E-state index contributed by atoms with van der Waals surface area (Å²) in [5.41, 5.74) is 8.29. The van der Waals surface area contributed by atoms with Gasteiger partial charge in [-0.25, -0.2) is 0 Å². The first-order valence-corrected chi connectivity index (χ1v) is 5.23. The minimum atomic E-state index is 0.635. The Morgan fingerprint density at radius 1 is 1.21 bits per heavy atom. The maximum Gasteiger partial charge on any atom is 0.0233 e. The Balaban J connectivity index is 2.65. The van der Waals surface area contributed by atoms with Gasteiger partial charge in [-0.15, -0.1) is 0 Å². The van der Waals surface area contributed by atoms with Gasteiger partial charge < -0.3 is 10.6 Å². The molecule has 1 aromatic rings. The van der Waals surface area contributed by atoms with E-state index in [-0.39, 0.29) is 0 Å². The molecule has 1 aromatic carbocycles. The largest absolute Gasteiger partial charge is 0.326 e. The fourth-order valence-electron chi connectivity index (χ4n) is 1.66. The van der Waals surface area contributed by atoms with E-state index in [0.717, 1.165) is 13.1 Å². The smallest absolute Gasteiger partial charge is 0.0233 e. The summed E-state index contributed by atoms with van der Waals surface area (Å²) in [5, 5.41) is 0. The Morgan fingerprint density at radius 2 is 1.86 bits per heavy atom. The predicted molar refractivity (Wildman–Crippen MR) is 61.0 cm³/mol. The van der Waals surface area contributed by atoms with Crippen molar-refractivity contribution in [2.45, 2.75) is 26.4 Å². The molecule has 2 N–H and O–H groups in total. The van der Waals surface area contributed by atoms with Crippen molar-refractivity contribution in [2.75, 3.05) is 13.6 Å². The molecule has 0 aliphatic rings. The van der Waals surface area contributed by atoms with Crippen LogP contribution in [-0.4, -0.2) is 18.5 Å². The zero-order valence-corrected chi connectivity index (χ0v) is 9.16. The van der Waals surface area contributed by atoms with Crippen molar-refractivity contribution in [1.82, 2.24) is 4.90 Å². The average Bonchev–Trinajstić information content (AvgIpc) is 2.19. The summed E-state index contributed by atoms with van der Waals surface area (Å²) in [6, 6.07) is 8.39. The van der Waals surface area contributed by atoms with E-state index in [2.05, 4.69) is 37.1 Å². The van der Waals surface area contributed by atoms with Gasteiger partial charge >= 0.3 is 0 Å². The third-order valence-corrected chi connectivity index (χ3v) is 2.38. The molecule has 0 amide bonds. The number of hydrogen-bond acceptors (Lipinski definition) is 2. The maximum absolute atomic E-state index is 5.68. The average molecular weight is 192 g/mol. The van der Waals surface area contributed by atoms with Crippen molar-refractivity contribution >= 4 is 0 Å². The molecule has 0 saturated carbocycles. The fraction of sp³-hybridized carbons (Fsp3) is 0.500. The van der Waals surface area contributed by atoms with Gasteiger partial charge in [-0.05, 0) is 31.1 Å². The summed E-state index contributed by atoms with van der Waals surface area (Å²) in [5.74, 6) is 0. The van der Waals surface area contributed by atoms with Crippen molar-refractivity contribution in [3.8, 4) is 0 Å². The standard InChI is InChI=1S/C12H20N2/c1-3-8-14(2)10-12-7-5-4-6-11(12)9-13/h4-7H,3,8-10,13H2,1-2H3. The lowest BCUT2D eigenvalue weighted by molar-refractivity contribution is 0.326. The molecule has 0 aliphatic carbocycles. The highest BCUT2D eigenvalue weighted by Gasteiger charge is 2.02. The Bertz CT molecular complexity index is 271. The van der Waals surface area contributed by atoms with Crippen molar-refractivity contribution < 1.29 is 0 Å². The van der Waals surface area contributed by atoms with E-state index in [1.165, 1.54) is 17.5 Å². The van der Waals surface area contributed by atoms with Crippen molar-refractivity contribution in [3.05, 3.63) is 35.4 Å². The van der Waals surface area contributed by atoms with Gasteiger partial charge in [0.25, 0.3) is 0 Å². The molecule has 0 unspecified atom stereocenters. The topological polar surface area (TPSA) is 29.3 Å². The van der Waals surface area contributed by atoms with Crippen LogP contribution in [0.25, 0.3) is 0 Å². The van der Waals surface area contributed by atoms with Gasteiger partial charge in [-0.2, -0.15) is 0 Å². The van der Waals surface area contributed by atoms with Crippen LogP contribution in [0.2, 0.25) is 0 Å². The summed E-state index contributed by atoms with van der Waals surface area (Å²) in [4.78, 5) is 2.33. The van der Waals surface area contributed by atoms with Crippen molar-refractivity contribution in [2.24, 2.45) is 5.73 Å². The Hall–Kier alpha value is -0.860. The molecule has 0 radical (unpaired) electrons. The predicted octanol–water partition coefficient (Wildman–Crippen LogP) is 1.99. The first kappa shape index (κ1) is 11.2. The third kappa shape index (κ3) is 3.13. The highest BCUT2D eigenvalue weighted by Crippen LogP contribution is 2.10. The number of nitrogens with two attached hydrogens (primary N) is 1. The lowest BCUT2D eigenvalue weighted by Crippen LogP contribution is -2.19. The molecule has 14 heavy (non-hydrogen) atoms. The van der Waals surface area contributed by atoms with Gasteiger partial charge in [0.05, 0.1) is 0 Å². The molecule has 78 valence electrons. The highest BCUT2D eigenvalue weighted by atomic mass is 15.1. The van der Waals surface area contributed by atoms with Crippen molar-refractivity contribution in [1.29, 1.82) is 0 Å². The minimum Gasteiger partial charge on any atom is -0.326 e. The van der Waals surface area contributed by atoms with E-state index >= 15 is 0 Å². The molecule has 2 nitrogen and oxygen atoms in total. The van der Waals surface area contributed by atoms with Crippen LogP contribution in [-0.2, 0) is 13.1 Å². The third-order valence-electron chi connectivity index (χ3n) is 2.38. The monoisotopic (exact) mass is 192 g/mol. The summed E-state index contributed by atoms with van der Waals surface area (Å²) >= 11 is 0. The number of rotatable bonds is 5. The molecular formula is C12H20N2. The Morgan fingerprint density at radius 3 is 2.43 bits per heavy atom. The number of nitrogens with zero attached hydrogens (tertiary/aromatic N) is 1. The van der Waals surface area contributed by atoms with E-state index in [1.54, 1.807) is 0 Å². The van der Waals surface area contributed by atoms with Crippen LogP contribution >= 0.6 is 0 Å². The lowest BCUT2D eigenvalue weighted by Gasteiger charge is -2.17. The molecule has 0 bridgehead atoms. The quantitative estimate of drug-likeness (QED) is 0.773. The second-order valence-electron chi connectivity index (χ2n) is 3.71. The van der Waals surface area contributed by atoms with Gasteiger partial charge in [0.15, 0.2) is 0 Å². The van der Waals surface area contributed by atoms with E-state index in [0.29, 0.717) is 6.54 Å². The lowest BCUT2D eigenvalue weighted by atomic mass is 10.1. The normalized spacial score (nSPS) is 10.9. The molecule has 0 heterocycles. The zero-order chi connectivity index (χ0) is 10.4. The Labute approximate surface area is 86.7 Å². The van der Waals surface area contributed by atoms with E-state index in [4.69, 9.17) is 5.73 Å². The van der Waals surface area contributed by atoms with E-state index in [9.17, 15) is 0 Å². The molecule has 0 saturated heterocycles. The second-order valence-corrected chi connectivity index (χ2v) is 3.71. The summed E-state index contributed by atoms with van der Waals surface area (Å²) in [6.45, 7) is 4.97. The minimum absolute atomic E-state index is 0.635. The van der Waals surface area contributed by atoms with E-state index < -0.39 is 0 Å². The highest BCUT2D eigenvalue weighted by molar-refractivity contribution is 5.26. The first-order valence-electron chi connectivity index (χ1n) is 5.23. The first-order chi connectivity index (χ1) is 6.77.